The predicted octanol–water partition coefficient (Wildman–Crippen LogP) is 4.65. The van der Waals surface area contributed by atoms with Crippen LogP contribution in [0.25, 0.3) is 11.0 Å². The molecule has 1 heterocycles. The molecule has 0 bridgehead atoms. The van der Waals surface area contributed by atoms with Gasteiger partial charge in [-0.25, -0.2) is 0 Å². The highest BCUT2D eigenvalue weighted by atomic mass is 79.9. The molecule has 1 saturated carbocycles. The van der Waals surface area contributed by atoms with Crippen molar-refractivity contribution in [2.45, 2.75) is 32.2 Å². The normalized spacial score (nSPS) is 17.2. The van der Waals surface area contributed by atoms with Crippen LogP contribution in [0.2, 0.25) is 0 Å². The minimum atomic E-state index is 0.287. The number of furan rings is 1. The lowest BCUT2D eigenvalue weighted by Gasteiger charge is -2.10. The molecule has 1 aromatic heterocycles. The third-order valence-electron chi connectivity index (χ3n) is 3.62. The van der Waals surface area contributed by atoms with Crippen LogP contribution in [0, 0.1) is 5.92 Å². The first kappa shape index (κ1) is 12.2. The Balaban J connectivity index is 1.67. The maximum absolute atomic E-state index is 5.87. The third-order valence-corrected chi connectivity index (χ3v) is 4.12. The third kappa shape index (κ3) is 2.78. The van der Waals surface area contributed by atoms with E-state index >= 15 is 0 Å². The van der Waals surface area contributed by atoms with Crippen LogP contribution in [0.3, 0.4) is 0 Å². The predicted molar refractivity (Wildman–Crippen MR) is 77.7 cm³/mol. The van der Waals surface area contributed by atoms with Gasteiger partial charge in [0.2, 0.25) is 0 Å². The van der Waals surface area contributed by atoms with E-state index in [1.807, 2.05) is 12.1 Å². The largest absolute Gasteiger partial charge is 0.459 e. The highest BCUT2D eigenvalue weighted by molar-refractivity contribution is 9.10. The second kappa shape index (κ2) is 5.06. The molecule has 1 aliphatic carbocycles. The number of nitrogens with one attached hydrogen (secondary N) is 1. The van der Waals surface area contributed by atoms with Crippen LogP contribution in [0.4, 0.5) is 0 Å². The Hall–Kier alpha value is -0.800. The number of benzene rings is 1. The van der Waals surface area contributed by atoms with Gasteiger partial charge in [-0.15, -0.1) is 0 Å². The second-order valence-electron chi connectivity index (χ2n) is 5.24. The monoisotopic (exact) mass is 307 g/mol. The van der Waals surface area contributed by atoms with E-state index in [0.717, 1.165) is 33.7 Å². The molecule has 1 aliphatic rings. The summed E-state index contributed by atoms with van der Waals surface area (Å²) >= 11 is 3.49. The van der Waals surface area contributed by atoms with E-state index in [0.29, 0.717) is 0 Å². The number of hydrogen-bond donors (Lipinski definition) is 1. The van der Waals surface area contributed by atoms with Crippen LogP contribution in [-0.4, -0.2) is 6.54 Å². The van der Waals surface area contributed by atoms with E-state index in [2.05, 4.69) is 40.3 Å². The van der Waals surface area contributed by atoms with Crippen LogP contribution < -0.4 is 5.32 Å². The number of fused-ring (bicyclic) bond motifs is 1. The van der Waals surface area contributed by atoms with Crippen molar-refractivity contribution in [2.75, 3.05) is 6.54 Å². The van der Waals surface area contributed by atoms with Gasteiger partial charge in [-0.3, -0.25) is 0 Å². The van der Waals surface area contributed by atoms with E-state index in [-0.39, 0.29) is 6.04 Å². The highest BCUT2D eigenvalue weighted by Gasteiger charge is 2.21. The fraction of sp³-hybridized carbons (Fsp3) is 0.467. The summed E-state index contributed by atoms with van der Waals surface area (Å²) in [7, 11) is 0. The first-order chi connectivity index (χ1) is 8.72. The summed E-state index contributed by atoms with van der Waals surface area (Å²) in [5.41, 5.74) is 0.962. The molecule has 1 aromatic carbocycles. The van der Waals surface area contributed by atoms with Gasteiger partial charge in [-0.2, -0.15) is 0 Å². The molecule has 0 saturated heterocycles. The molecule has 0 aliphatic heterocycles. The van der Waals surface area contributed by atoms with Gasteiger partial charge < -0.3 is 9.73 Å². The van der Waals surface area contributed by atoms with E-state index in [1.165, 1.54) is 19.3 Å². The Morgan fingerprint density at radius 2 is 2.22 bits per heavy atom. The molecule has 0 spiro atoms. The summed E-state index contributed by atoms with van der Waals surface area (Å²) in [6.45, 7) is 3.26. The van der Waals surface area contributed by atoms with Crippen LogP contribution in [-0.2, 0) is 0 Å². The van der Waals surface area contributed by atoms with Gasteiger partial charge in [-0.1, -0.05) is 28.8 Å². The summed E-state index contributed by atoms with van der Waals surface area (Å²) in [5, 5.41) is 4.70. The van der Waals surface area contributed by atoms with Crippen molar-refractivity contribution >= 4 is 26.9 Å². The molecule has 3 rings (SSSR count). The summed E-state index contributed by atoms with van der Waals surface area (Å²) < 4.78 is 6.97. The van der Waals surface area contributed by atoms with Crippen molar-refractivity contribution < 1.29 is 4.42 Å². The second-order valence-corrected chi connectivity index (χ2v) is 6.15. The average molecular weight is 308 g/mol. The lowest BCUT2D eigenvalue weighted by Crippen LogP contribution is -2.19. The Kier molecular flexibility index (Phi) is 3.44. The SMILES string of the molecule is CC(NCCC1CC1)c1cc2cc(Br)ccc2o1. The maximum atomic E-state index is 5.87. The molecule has 2 aromatic rings. The van der Waals surface area contributed by atoms with Gasteiger partial charge in [0.15, 0.2) is 0 Å². The standard InChI is InChI=1S/C15H18BrNO/c1-10(17-7-6-11-2-3-11)15-9-12-8-13(16)4-5-14(12)18-15/h4-5,8-11,17H,2-3,6-7H2,1H3. The molecule has 96 valence electrons. The zero-order valence-electron chi connectivity index (χ0n) is 10.6. The summed E-state index contributed by atoms with van der Waals surface area (Å²) in [6, 6.07) is 8.55. The van der Waals surface area contributed by atoms with Gasteiger partial charge in [0, 0.05) is 9.86 Å². The van der Waals surface area contributed by atoms with Crippen molar-refractivity contribution in [2.24, 2.45) is 5.92 Å². The zero-order chi connectivity index (χ0) is 12.5. The molecule has 1 fully saturated rings. The van der Waals surface area contributed by atoms with Crippen molar-refractivity contribution in [1.82, 2.24) is 5.32 Å². The molecule has 1 unspecified atom stereocenters. The fourth-order valence-corrected chi connectivity index (χ4v) is 2.64. The molecule has 2 nitrogen and oxygen atoms in total. The quantitative estimate of drug-likeness (QED) is 0.870. The molecule has 18 heavy (non-hydrogen) atoms. The minimum Gasteiger partial charge on any atom is -0.459 e. The summed E-state index contributed by atoms with van der Waals surface area (Å²) in [6.07, 6.45) is 4.15. The minimum absolute atomic E-state index is 0.287. The Morgan fingerprint density at radius 3 is 3.00 bits per heavy atom. The smallest absolute Gasteiger partial charge is 0.134 e. The van der Waals surface area contributed by atoms with Crippen LogP contribution in [0.1, 0.15) is 38.0 Å². The lowest BCUT2D eigenvalue weighted by molar-refractivity contribution is 0.444. The summed E-state index contributed by atoms with van der Waals surface area (Å²) in [5.74, 6) is 2.01. The number of rotatable bonds is 5. The van der Waals surface area contributed by atoms with Gasteiger partial charge in [-0.05, 0) is 50.1 Å². The van der Waals surface area contributed by atoms with Gasteiger partial charge >= 0.3 is 0 Å². The van der Waals surface area contributed by atoms with Crippen molar-refractivity contribution in [3.05, 3.63) is 34.5 Å². The molecule has 0 radical (unpaired) electrons. The van der Waals surface area contributed by atoms with Crippen molar-refractivity contribution in [3.8, 4) is 0 Å². The molecule has 1 atom stereocenters. The lowest BCUT2D eigenvalue weighted by atomic mass is 10.2. The van der Waals surface area contributed by atoms with E-state index in [1.54, 1.807) is 0 Å². The van der Waals surface area contributed by atoms with E-state index in [4.69, 9.17) is 4.42 Å². The molecular formula is C15H18BrNO. The summed E-state index contributed by atoms with van der Waals surface area (Å²) in [4.78, 5) is 0. The van der Waals surface area contributed by atoms with E-state index in [9.17, 15) is 0 Å². The first-order valence-electron chi connectivity index (χ1n) is 6.65. The molecule has 3 heteroatoms. The Morgan fingerprint density at radius 1 is 1.39 bits per heavy atom. The number of hydrogen-bond acceptors (Lipinski definition) is 2. The first-order valence-corrected chi connectivity index (χ1v) is 7.44. The van der Waals surface area contributed by atoms with Crippen LogP contribution >= 0.6 is 15.9 Å². The topological polar surface area (TPSA) is 25.2 Å². The van der Waals surface area contributed by atoms with Crippen LogP contribution in [0.15, 0.2) is 33.2 Å². The van der Waals surface area contributed by atoms with Gasteiger partial charge in [0.05, 0.1) is 6.04 Å². The van der Waals surface area contributed by atoms with Crippen molar-refractivity contribution in [3.63, 3.8) is 0 Å². The highest BCUT2D eigenvalue weighted by Crippen LogP contribution is 2.32. The van der Waals surface area contributed by atoms with Gasteiger partial charge in [0.25, 0.3) is 0 Å². The maximum Gasteiger partial charge on any atom is 0.134 e. The molecular weight excluding hydrogens is 290 g/mol. The Bertz CT molecular complexity index is 544. The number of halogens is 1. The van der Waals surface area contributed by atoms with E-state index < -0.39 is 0 Å². The molecule has 1 N–H and O–H groups in total. The Labute approximate surface area is 116 Å². The van der Waals surface area contributed by atoms with Crippen molar-refractivity contribution in [1.29, 1.82) is 0 Å². The fourth-order valence-electron chi connectivity index (χ4n) is 2.26. The zero-order valence-corrected chi connectivity index (χ0v) is 12.2. The van der Waals surface area contributed by atoms with Crippen LogP contribution in [0.5, 0.6) is 0 Å². The molecule has 0 amide bonds. The average Bonchev–Trinajstić information content (AvgIpc) is 3.06. The van der Waals surface area contributed by atoms with Gasteiger partial charge in [0.1, 0.15) is 11.3 Å².